The quantitative estimate of drug-likeness (QED) is 0.222. The normalized spacial score (nSPS) is 24.0. The van der Waals surface area contributed by atoms with Gasteiger partial charge in [0.1, 0.15) is 0 Å². The average molecular weight is 417 g/mol. The van der Waals surface area contributed by atoms with Crippen LogP contribution in [0.15, 0.2) is 35.4 Å². The summed E-state index contributed by atoms with van der Waals surface area (Å²) in [6.07, 6.45) is 1.83. The molecule has 1 aromatic carbocycles. The van der Waals surface area contributed by atoms with E-state index in [1.54, 1.807) is 6.07 Å². The molecule has 0 radical (unpaired) electrons. The zero-order valence-electron chi connectivity index (χ0n) is 15.6. The number of halogens is 2. The van der Waals surface area contributed by atoms with Gasteiger partial charge in [-0.2, -0.15) is 4.39 Å². The first kappa shape index (κ1) is 19.5. The summed E-state index contributed by atoms with van der Waals surface area (Å²) in [6, 6.07) is 8.40. The Bertz CT molecular complexity index is 1030. The van der Waals surface area contributed by atoms with E-state index >= 15 is 0 Å². The minimum Gasteiger partial charge on any atom is -0.488 e. The average Bonchev–Trinajstić information content (AvgIpc) is 3.50. The molecule has 0 aliphatic heterocycles. The van der Waals surface area contributed by atoms with Crippen molar-refractivity contribution in [2.45, 2.75) is 24.2 Å². The molecule has 29 heavy (non-hydrogen) atoms. The second-order valence-electron chi connectivity index (χ2n) is 7.47. The smallest absolute Gasteiger partial charge is 0.356 e. The monoisotopic (exact) mass is 416 g/mol. The first-order valence-corrected chi connectivity index (χ1v) is 9.53. The van der Waals surface area contributed by atoms with E-state index in [1.165, 1.54) is 19.2 Å². The van der Waals surface area contributed by atoms with Crippen LogP contribution in [0.5, 0.6) is 5.75 Å². The molecule has 4 rings (SSSR count). The van der Waals surface area contributed by atoms with E-state index in [-0.39, 0.29) is 24.6 Å². The first-order chi connectivity index (χ1) is 14.0. The Morgan fingerprint density at radius 1 is 1.45 bits per heavy atom. The number of methoxy groups -OCH3 is 1. The van der Waals surface area contributed by atoms with E-state index in [0.717, 1.165) is 24.0 Å². The predicted octanol–water partition coefficient (Wildman–Crippen LogP) is 4.80. The first-order valence-electron chi connectivity index (χ1n) is 9.16. The molecular weight excluding hydrogens is 399 g/mol. The number of esters is 1. The van der Waals surface area contributed by atoms with E-state index < -0.39 is 17.3 Å². The molecule has 2 aliphatic rings. The third-order valence-electron chi connectivity index (χ3n) is 5.71. The molecule has 2 aromatic rings. The fraction of sp³-hybridized carbons (Fsp3) is 0.400. The van der Waals surface area contributed by atoms with E-state index in [4.69, 9.17) is 21.9 Å². The molecule has 150 valence electrons. The van der Waals surface area contributed by atoms with Crippen molar-refractivity contribution in [2.24, 2.45) is 11.0 Å². The maximum Gasteiger partial charge on any atom is 0.356 e. The van der Waals surface area contributed by atoms with E-state index in [0.29, 0.717) is 16.9 Å². The Labute approximate surface area is 171 Å². The SMILES string of the molecule is COC(=O)c1ccc(OC[C@@]2(CN=[N+]=[N-])C[C@@H]3C[C@@H]3c3cc(Cl)ccc32)c(F)n1. The Hall–Kier alpha value is -2.83. The maximum atomic E-state index is 14.4. The Kier molecular flexibility index (Phi) is 5.06. The molecule has 1 heterocycles. The van der Waals surface area contributed by atoms with Crippen LogP contribution in [0, 0.1) is 11.9 Å². The molecule has 0 amide bonds. The molecule has 1 saturated carbocycles. The number of hydrogen-bond donors (Lipinski definition) is 0. The molecule has 3 atom stereocenters. The number of azide groups is 1. The minimum absolute atomic E-state index is 0.0774. The highest BCUT2D eigenvalue weighted by atomic mass is 35.5. The van der Waals surface area contributed by atoms with Gasteiger partial charge in [0.15, 0.2) is 11.4 Å². The number of nitrogens with zero attached hydrogens (tertiary/aromatic N) is 4. The summed E-state index contributed by atoms with van der Waals surface area (Å²) in [5, 5.41) is 4.48. The van der Waals surface area contributed by atoms with Gasteiger partial charge in [-0.15, -0.1) is 0 Å². The fourth-order valence-electron chi connectivity index (χ4n) is 4.25. The number of aromatic nitrogens is 1. The molecule has 0 saturated heterocycles. The number of carbonyl (C=O) groups is 1. The van der Waals surface area contributed by atoms with Gasteiger partial charge in [0.25, 0.3) is 5.95 Å². The van der Waals surface area contributed by atoms with Crippen LogP contribution in [-0.2, 0) is 10.2 Å². The molecule has 0 unspecified atom stereocenters. The highest BCUT2D eigenvalue weighted by Gasteiger charge is 2.52. The lowest BCUT2D eigenvalue weighted by Crippen LogP contribution is -2.40. The van der Waals surface area contributed by atoms with Gasteiger partial charge < -0.3 is 9.47 Å². The number of fused-ring (bicyclic) bond motifs is 3. The van der Waals surface area contributed by atoms with Crippen LogP contribution in [0.25, 0.3) is 10.4 Å². The molecule has 1 aromatic heterocycles. The van der Waals surface area contributed by atoms with E-state index in [2.05, 4.69) is 19.7 Å². The molecule has 1 fully saturated rings. The third kappa shape index (κ3) is 3.61. The highest BCUT2D eigenvalue weighted by molar-refractivity contribution is 6.30. The number of hydrogen-bond acceptors (Lipinski definition) is 5. The predicted molar refractivity (Wildman–Crippen MR) is 104 cm³/mol. The van der Waals surface area contributed by atoms with Gasteiger partial charge >= 0.3 is 5.97 Å². The zero-order chi connectivity index (χ0) is 20.6. The van der Waals surface area contributed by atoms with Gasteiger partial charge in [0, 0.05) is 21.9 Å². The van der Waals surface area contributed by atoms with Gasteiger partial charge in [0.2, 0.25) is 0 Å². The largest absolute Gasteiger partial charge is 0.488 e. The number of rotatable bonds is 6. The Morgan fingerprint density at radius 2 is 2.28 bits per heavy atom. The molecule has 0 spiro atoms. The molecular formula is C20H18ClFN4O3. The van der Waals surface area contributed by atoms with Crippen molar-refractivity contribution in [2.75, 3.05) is 20.3 Å². The minimum atomic E-state index is -0.900. The molecule has 0 bridgehead atoms. The lowest BCUT2D eigenvalue weighted by atomic mass is 9.70. The van der Waals surface area contributed by atoms with Gasteiger partial charge in [-0.3, -0.25) is 0 Å². The second-order valence-corrected chi connectivity index (χ2v) is 7.91. The van der Waals surface area contributed by atoms with Crippen LogP contribution >= 0.6 is 11.6 Å². The van der Waals surface area contributed by atoms with Crippen molar-refractivity contribution in [1.82, 2.24) is 4.98 Å². The van der Waals surface area contributed by atoms with Crippen LogP contribution in [0.2, 0.25) is 5.02 Å². The van der Waals surface area contributed by atoms with Crippen LogP contribution in [-0.4, -0.2) is 31.2 Å². The van der Waals surface area contributed by atoms with E-state index in [9.17, 15) is 9.18 Å². The lowest BCUT2D eigenvalue weighted by Gasteiger charge is -2.38. The Morgan fingerprint density at radius 3 is 3.00 bits per heavy atom. The van der Waals surface area contributed by atoms with Crippen LogP contribution in [0.4, 0.5) is 4.39 Å². The number of ether oxygens (including phenoxy) is 2. The van der Waals surface area contributed by atoms with Crippen LogP contribution in [0.3, 0.4) is 0 Å². The highest BCUT2D eigenvalue weighted by Crippen LogP contribution is 2.60. The summed E-state index contributed by atoms with van der Waals surface area (Å²) < 4.78 is 24.7. The summed E-state index contributed by atoms with van der Waals surface area (Å²) in [5.74, 6) is -0.786. The van der Waals surface area contributed by atoms with E-state index in [1.807, 2.05) is 12.1 Å². The van der Waals surface area contributed by atoms with Crippen LogP contribution in [0.1, 0.15) is 40.4 Å². The molecule has 0 N–H and O–H groups in total. The summed E-state index contributed by atoms with van der Waals surface area (Å²) >= 11 is 6.20. The number of pyridine rings is 1. The van der Waals surface area contributed by atoms with Crippen molar-refractivity contribution in [3.05, 3.63) is 68.6 Å². The van der Waals surface area contributed by atoms with Crippen molar-refractivity contribution in [3.8, 4) is 5.75 Å². The summed E-state index contributed by atoms with van der Waals surface area (Å²) in [7, 11) is 1.20. The van der Waals surface area contributed by atoms with Crippen LogP contribution < -0.4 is 4.74 Å². The summed E-state index contributed by atoms with van der Waals surface area (Å²) in [5.41, 5.74) is 10.3. The summed E-state index contributed by atoms with van der Waals surface area (Å²) in [6.45, 7) is 0.302. The molecule has 2 aliphatic carbocycles. The van der Waals surface area contributed by atoms with Gasteiger partial charge in [0.05, 0.1) is 13.7 Å². The molecule has 7 nitrogen and oxygen atoms in total. The summed E-state index contributed by atoms with van der Waals surface area (Å²) in [4.78, 5) is 18.0. The van der Waals surface area contributed by atoms with Gasteiger partial charge in [-0.1, -0.05) is 22.8 Å². The van der Waals surface area contributed by atoms with Crippen molar-refractivity contribution >= 4 is 17.6 Å². The Balaban J connectivity index is 1.65. The van der Waals surface area contributed by atoms with Crippen molar-refractivity contribution in [1.29, 1.82) is 0 Å². The zero-order valence-corrected chi connectivity index (χ0v) is 16.4. The van der Waals surface area contributed by atoms with Gasteiger partial charge in [-0.05, 0) is 65.6 Å². The maximum absolute atomic E-state index is 14.4. The third-order valence-corrected chi connectivity index (χ3v) is 5.94. The van der Waals surface area contributed by atoms with Crippen molar-refractivity contribution < 1.29 is 18.7 Å². The second kappa shape index (κ2) is 7.54. The fourth-order valence-corrected chi connectivity index (χ4v) is 4.43. The van der Waals surface area contributed by atoms with Crippen molar-refractivity contribution in [3.63, 3.8) is 0 Å². The number of benzene rings is 1. The topological polar surface area (TPSA) is 97.2 Å². The lowest BCUT2D eigenvalue weighted by molar-refractivity contribution is 0.0592. The molecule has 9 heteroatoms. The number of carbonyl (C=O) groups excluding carboxylic acids is 1. The standard InChI is InChI=1S/C20H18ClFN4O3/c1-28-19(27)16-4-5-17(18(22)25-16)29-10-20(9-24-26-23)8-11-6-13(11)14-7-12(21)2-3-15(14)20/h2-5,7,11,13H,6,8-10H2,1H3/t11-,13-,20-/m0/s1. The van der Waals surface area contributed by atoms with Gasteiger partial charge in [-0.25, -0.2) is 9.78 Å².